The highest BCUT2D eigenvalue weighted by Crippen LogP contribution is 2.26. The van der Waals surface area contributed by atoms with Gasteiger partial charge in [-0.3, -0.25) is 4.79 Å². The Kier molecular flexibility index (Phi) is 5.62. The van der Waals surface area contributed by atoms with Crippen molar-refractivity contribution in [2.24, 2.45) is 0 Å². The largest absolute Gasteiger partial charge is 0.367 e. The Labute approximate surface area is 176 Å². The normalized spacial score (nSPS) is 19.6. The summed E-state index contributed by atoms with van der Waals surface area (Å²) in [6, 6.07) is 15.4. The van der Waals surface area contributed by atoms with Gasteiger partial charge in [0.25, 0.3) is 0 Å². The van der Waals surface area contributed by atoms with Crippen LogP contribution in [0.25, 0.3) is 0 Å². The summed E-state index contributed by atoms with van der Waals surface area (Å²) in [4.78, 5) is 30.9. The van der Waals surface area contributed by atoms with E-state index in [0.717, 1.165) is 35.1 Å². The van der Waals surface area contributed by atoms with Crippen LogP contribution >= 0.6 is 11.6 Å². The van der Waals surface area contributed by atoms with Crippen LogP contribution in [0.3, 0.4) is 0 Å². The van der Waals surface area contributed by atoms with E-state index in [9.17, 15) is 9.59 Å². The summed E-state index contributed by atoms with van der Waals surface area (Å²) in [7, 11) is 0. The first-order valence-electron chi connectivity index (χ1n) is 9.93. The van der Waals surface area contributed by atoms with E-state index in [-0.39, 0.29) is 18.0 Å². The number of carbonyl (C=O) groups is 2. The van der Waals surface area contributed by atoms with Crippen LogP contribution in [0.2, 0.25) is 5.02 Å². The molecular weight excluding hydrogens is 388 g/mol. The SMILES string of the molecule is Cc1ccc(N2C[C@@H](NC(=O)N3CCN(c4ccccc4Cl)CC3)CC2=O)cc1. The maximum Gasteiger partial charge on any atom is 0.317 e. The zero-order valence-electron chi connectivity index (χ0n) is 16.5. The number of para-hydroxylation sites is 1. The number of nitrogens with one attached hydrogen (secondary N) is 1. The molecule has 0 aromatic heterocycles. The molecule has 0 spiro atoms. The van der Waals surface area contributed by atoms with Crippen molar-refractivity contribution in [3.05, 3.63) is 59.1 Å². The van der Waals surface area contributed by atoms with Crippen molar-refractivity contribution in [3.63, 3.8) is 0 Å². The van der Waals surface area contributed by atoms with Crippen LogP contribution in [0.1, 0.15) is 12.0 Å². The van der Waals surface area contributed by atoms with Gasteiger partial charge in [0.1, 0.15) is 0 Å². The summed E-state index contributed by atoms with van der Waals surface area (Å²) in [5.74, 6) is 0.0442. The Bertz CT molecular complexity index is 894. The number of nitrogens with zero attached hydrogens (tertiary/aromatic N) is 3. The molecule has 2 aromatic carbocycles. The van der Waals surface area contributed by atoms with Crippen molar-refractivity contribution < 1.29 is 9.59 Å². The van der Waals surface area contributed by atoms with Crippen LogP contribution in [-0.4, -0.2) is 55.6 Å². The molecular formula is C22H25ClN4O2. The van der Waals surface area contributed by atoms with Gasteiger partial charge >= 0.3 is 6.03 Å². The zero-order valence-corrected chi connectivity index (χ0v) is 17.2. The lowest BCUT2D eigenvalue weighted by Crippen LogP contribution is -2.54. The average molecular weight is 413 g/mol. The Morgan fingerprint density at radius 1 is 1.03 bits per heavy atom. The molecule has 7 heteroatoms. The Morgan fingerprint density at radius 2 is 1.72 bits per heavy atom. The second-order valence-corrected chi connectivity index (χ2v) is 8.02. The van der Waals surface area contributed by atoms with Crippen molar-refractivity contribution in [1.82, 2.24) is 10.2 Å². The molecule has 152 valence electrons. The molecule has 2 aliphatic heterocycles. The van der Waals surface area contributed by atoms with E-state index in [1.807, 2.05) is 60.4 Å². The Morgan fingerprint density at radius 3 is 2.41 bits per heavy atom. The number of halogens is 1. The molecule has 2 fully saturated rings. The van der Waals surface area contributed by atoms with Gasteiger partial charge in [0.15, 0.2) is 0 Å². The number of hydrogen-bond donors (Lipinski definition) is 1. The fourth-order valence-electron chi connectivity index (χ4n) is 3.90. The van der Waals surface area contributed by atoms with Crippen molar-refractivity contribution in [2.45, 2.75) is 19.4 Å². The van der Waals surface area contributed by atoms with E-state index < -0.39 is 0 Å². The Hall–Kier alpha value is -2.73. The number of hydrogen-bond acceptors (Lipinski definition) is 3. The van der Waals surface area contributed by atoms with Crippen LogP contribution < -0.4 is 15.1 Å². The molecule has 2 saturated heterocycles. The Balaban J connectivity index is 1.31. The fourth-order valence-corrected chi connectivity index (χ4v) is 4.16. The van der Waals surface area contributed by atoms with Gasteiger partial charge in [0.05, 0.1) is 16.8 Å². The highest BCUT2D eigenvalue weighted by atomic mass is 35.5. The molecule has 0 bridgehead atoms. The maximum atomic E-state index is 12.7. The topological polar surface area (TPSA) is 55.9 Å². The van der Waals surface area contributed by atoms with E-state index in [1.165, 1.54) is 0 Å². The monoisotopic (exact) mass is 412 g/mol. The number of aryl methyl sites for hydroxylation is 1. The molecule has 2 heterocycles. The second-order valence-electron chi connectivity index (χ2n) is 7.62. The molecule has 29 heavy (non-hydrogen) atoms. The molecule has 0 saturated carbocycles. The molecule has 0 unspecified atom stereocenters. The molecule has 4 rings (SSSR count). The molecule has 0 radical (unpaired) electrons. The highest BCUT2D eigenvalue weighted by molar-refractivity contribution is 6.33. The predicted octanol–water partition coefficient (Wildman–Crippen LogP) is 3.29. The van der Waals surface area contributed by atoms with Crippen molar-refractivity contribution in [3.8, 4) is 0 Å². The van der Waals surface area contributed by atoms with E-state index in [1.54, 1.807) is 4.90 Å². The summed E-state index contributed by atoms with van der Waals surface area (Å²) in [5, 5.41) is 3.76. The van der Waals surface area contributed by atoms with Gasteiger partial charge < -0.3 is 20.0 Å². The van der Waals surface area contributed by atoms with Gasteiger partial charge in [-0.2, -0.15) is 0 Å². The summed E-state index contributed by atoms with van der Waals surface area (Å²) in [6.07, 6.45) is 0.333. The first-order valence-corrected chi connectivity index (χ1v) is 10.3. The van der Waals surface area contributed by atoms with Crippen molar-refractivity contribution in [2.75, 3.05) is 42.5 Å². The number of anilines is 2. The number of rotatable bonds is 3. The van der Waals surface area contributed by atoms with Gasteiger partial charge in [0.2, 0.25) is 5.91 Å². The van der Waals surface area contributed by atoms with Gasteiger partial charge in [-0.15, -0.1) is 0 Å². The minimum Gasteiger partial charge on any atom is -0.367 e. The standard InChI is InChI=1S/C22H25ClN4O2/c1-16-6-8-18(9-7-16)27-15-17(14-21(27)28)24-22(29)26-12-10-25(11-13-26)20-5-3-2-4-19(20)23/h2-9,17H,10-15H2,1H3,(H,24,29)/t17-/m0/s1. The number of carbonyl (C=O) groups excluding carboxylic acids is 2. The van der Waals surface area contributed by atoms with E-state index in [0.29, 0.717) is 26.1 Å². The van der Waals surface area contributed by atoms with Gasteiger partial charge in [-0.05, 0) is 31.2 Å². The third-order valence-corrected chi connectivity index (χ3v) is 5.88. The van der Waals surface area contributed by atoms with Crippen molar-refractivity contribution >= 4 is 34.9 Å². The fraction of sp³-hybridized carbons (Fsp3) is 0.364. The first kappa shape index (κ1) is 19.6. The number of amides is 3. The van der Waals surface area contributed by atoms with E-state index in [4.69, 9.17) is 11.6 Å². The molecule has 0 aliphatic carbocycles. The van der Waals surface area contributed by atoms with Crippen LogP contribution in [0.15, 0.2) is 48.5 Å². The smallest absolute Gasteiger partial charge is 0.317 e. The lowest BCUT2D eigenvalue weighted by Gasteiger charge is -2.36. The lowest BCUT2D eigenvalue weighted by molar-refractivity contribution is -0.117. The summed E-state index contributed by atoms with van der Waals surface area (Å²) in [5.41, 5.74) is 3.04. The molecule has 1 N–H and O–H groups in total. The molecule has 3 amide bonds. The van der Waals surface area contributed by atoms with Crippen LogP contribution in [-0.2, 0) is 4.79 Å². The van der Waals surface area contributed by atoms with Gasteiger partial charge in [-0.1, -0.05) is 41.4 Å². The molecule has 6 nitrogen and oxygen atoms in total. The molecule has 2 aliphatic rings. The summed E-state index contributed by atoms with van der Waals surface area (Å²) in [6.45, 7) is 5.24. The first-order chi connectivity index (χ1) is 14.0. The molecule has 1 atom stereocenters. The number of urea groups is 1. The lowest BCUT2D eigenvalue weighted by atomic mass is 10.2. The van der Waals surface area contributed by atoms with Gasteiger partial charge in [0, 0.05) is 44.8 Å². The van der Waals surface area contributed by atoms with E-state index in [2.05, 4.69) is 10.2 Å². The number of benzene rings is 2. The maximum absolute atomic E-state index is 12.7. The summed E-state index contributed by atoms with van der Waals surface area (Å²) >= 11 is 6.29. The zero-order chi connectivity index (χ0) is 20.4. The minimum absolute atomic E-state index is 0.0442. The third-order valence-electron chi connectivity index (χ3n) is 5.56. The minimum atomic E-state index is -0.169. The van der Waals surface area contributed by atoms with E-state index >= 15 is 0 Å². The van der Waals surface area contributed by atoms with Crippen LogP contribution in [0.5, 0.6) is 0 Å². The highest BCUT2D eigenvalue weighted by Gasteiger charge is 2.33. The predicted molar refractivity (Wildman–Crippen MR) is 116 cm³/mol. The van der Waals surface area contributed by atoms with Crippen LogP contribution in [0.4, 0.5) is 16.2 Å². The molecule has 2 aromatic rings. The van der Waals surface area contributed by atoms with Crippen LogP contribution in [0, 0.1) is 6.92 Å². The number of piperazine rings is 1. The second kappa shape index (κ2) is 8.33. The average Bonchev–Trinajstić information content (AvgIpc) is 3.09. The summed E-state index contributed by atoms with van der Waals surface area (Å²) < 4.78 is 0. The quantitative estimate of drug-likeness (QED) is 0.841. The van der Waals surface area contributed by atoms with Crippen molar-refractivity contribution in [1.29, 1.82) is 0 Å². The van der Waals surface area contributed by atoms with Gasteiger partial charge in [-0.25, -0.2) is 4.79 Å². The third kappa shape index (κ3) is 4.32.